The number of hydrogen-bond acceptors (Lipinski definition) is 6. The summed E-state index contributed by atoms with van der Waals surface area (Å²) in [7, 11) is 11.1. The van der Waals surface area contributed by atoms with Crippen LogP contribution in [0.25, 0.3) is 12.2 Å². The van der Waals surface area contributed by atoms with E-state index in [0.29, 0.717) is 36.3 Å². The predicted octanol–water partition coefficient (Wildman–Crippen LogP) is 11.2. The highest BCUT2D eigenvalue weighted by Gasteiger charge is 2.45. The highest BCUT2D eigenvalue weighted by molar-refractivity contribution is 6.31. The van der Waals surface area contributed by atoms with E-state index in [9.17, 15) is 27.8 Å². The number of aliphatic hydroxyl groups is 2. The van der Waals surface area contributed by atoms with E-state index in [1.165, 1.54) is 24.3 Å². The average Bonchev–Trinajstić information content (AvgIpc) is 3.45. The molecule has 0 spiro atoms. The first-order valence-electron chi connectivity index (χ1n) is 20.6. The zero-order valence-corrected chi connectivity index (χ0v) is 36.3. The van der Waals surface area contributed by atoms with Crippen LogP contribution >= 0.6 is 11.6 Å². The second kappa shape index (κ2) is 20.6. The quantitative estimate of drug-likeness (QED) is 0.122. The summed E-state index contributed by atoms with van der Waals surface area (Å²) in [5.74, 6) is 0.844. The van der Waals surface area contributed by atoms with Gasteiger partial charge in [-0.3, -0.25) is 0 Å². The predicted molar refractivity (Wildman–Crippen MR) is 234 cm³/mol. The summed E-state index contributed by atoms with van der Waals surface area (Å²) < 4.78 is 65.6. The van der Waals surface area contributed by atoms with Crippen LogP contribution < -0.4 is 9.47 Å². The van der Waals surface area contributed by atoms with Crippen LogP contribution in [-0.4, -0.2) is 75.5 Å². The molecule has 0 radical (unpaired) electrons. The monoisotopic (exact) mass is 850 g/mol. The summed E-state index contributed by atoms with van der Waals surface area (Å²) in [5.41, 5.74) is 0.607. The molecule has 6 rings (SSSR count). The van der Waals surface area contributed by atoms with Crippen LogP contribution in [0.4, 0.5) is 17.6 Å². The molecule has 2 aliphatic rings. The van der Waals surface area contributed by atoms with Crippen LogP contribution in [-0.2, 0) is 17.4 Å². The lowest BCUT2D eigenvalue weighted by atomic mass is 9.73. The Hall–Kier alpha value is -4.19. The van der Waals surface area contributed by atoms with E-state index in [2.05, 4.69) is 11.0 Å². The molecule has 324 valence electrons. The van der Waals surface area contributed by atoms with Crippen molar-refractivity contribution in [1.29, 1.82) is 0 Å². The Morgan fingerprint density at radius 2 is 1.13 bits per heavy atom. The molecule has 0 aliphatic heterocycles. The molecule has 4 atom stereocenters. The van der Waals surface area contributed by atoms with Gasteiger partial charge in [-0.25, -0.2) is 4.39 Å². The first-order valence-corrected chi connectivity index (χ1v) is 20.9. The van der Waals surface area contributed by atoms with E-state index >= 15 is 0 Å². The minimum absolute atomic E-state index is 0.0105. The molecule has 4 aromatic carbocycles. The normalized spacial score (nSPS) is 23.9. The van der Waals surface area contributed by atoms with Gasteiger partial charge in [0, 0.05) is 24.9 Å². The number of rotatable bonds is 10. The minimum atomic E-state index is -4.61. The summed E-state index contributed by atoms with van der Waals surface area (Å²) in [6.45, 7) is 1.28. The summed E-state index contributed by atoms with van der Waals surface area (Å²) in [6.07, 6.45) is 6.10. The van der Waals surface area contributed by atoms with Crippen LogP contribution in [0.15, 0.2) is 102 Å². The van der Waals surface area contributed by atoms with E-state index in [4.69, 9.17) is 21.1 Å². The maximum atomic E-state index is 14.1. The zero-order chi connectivity index (χ0) is 43.7. The molecule has 11 heteroatoms. The van der Waals surface area contributed by atoms with Crippen molar-refractivity contribution < 1.29 is 37.2 Å². The Balaban J connectivity index is 0.000000230. The standard InChI is InChI=1S/C25H29ClF3NO2.C24H30FNO2/c1-30(2)16-20-9-5-4-8-18(13-17-7-6-10-21(14-17)32-3)24(20,31)19-11-12-23(26)22(15-19)25(27,28)29;1-26(2)17-21-10-5-4-9-19(14-18-8-6-13-23(15-18)28-3)24(21,27)20-11-7-12-22(25)16-20/h6-7,10-15,20,31H,4-5,8-9,16H2,1-3H3;6-8,11-16,21,27H,4-5,9-10,17H2,1-3H3. The van der Waals surface area contributed by atoms with Crippen molar-refractivity contribution in [3.05, 3.63) is 141 Å². The van der Waals surface area contributed by atoms with Gasteiger partial charge in [0.15, 0.2) is 0 Å². The molecule has 2 fully saturated rings. The lowest BCUT2D eigenvalue weighted by Gasteiger charge is -2.39. The van der Waals surface area contributed by atoms with Crippen molar-refractivity contribution >= 4 is 23.8 Å². The molecule has 2 aliphatic carbocycles. The van der Waals surface area contributed by atoms with Crippen molar-refractivity contribution in [2.75, 3.05) is 55.5 Å². The Bertz CT molecular complexity index is 2100. The molecule has 60 heavy (non-hydrogen) atoms. The largest absolute Gasteiger partial charge is 0.497 e. The van der Waals surface area contributed by atoms with Crippen LogP contribution in [0.2, 0.25) is 5.02 Å². The first kappa shape index (κ1) is 46.9. The van der Waals surface area contributed by atoms with Gasteiger partial charge in [-0.15, -0.1) is 0 Å². The maximum absolute atomic E-state index is 14.1. The third-order valence-corrected chi connectivity index (χ3v) is 12.0. The second-order valence-electron chi connectivity index (χ2n) is 16.5. The Labute approximate surface area is 358 Å². The van der Waals surface area contributed by atoms with E-state index in [-0.39, 0.29) is 28.2 Å². The van der Waals surface area contributed by atoms with Crippen LogP contribution in [0.3, 0.4) is 0 Å². The second-order valence-corrected chi connectivity index (χ2v) is 16.9. The van der Waals surface area contributed by atoms with Gasteiger partial charge >= 0.3 is 6.18 Å². The highest BCUT2D eigenvalue weighted by Crippen LogP contribution is 2.48. The van der Waals surface area contributed by atoms with E-state index < -0.39 is 22.9 Å². The molecule has 4 aromatic rings. The first-order chi connectivity index (χ1) is 28.5. The molecule has 2 N–H and O–H groups in total. The number of methoxy groups -OCH3 is 2. The van der Waals surface area contributed by atoms with Gasteiger partial charge < -0.3 is 29.5 Å². The number of hydrogen-bond donors (Lipinski definition) is 2. The summed E-state index contributed by atoms with van der Waals surface area (Å²) in [6, 6.07) is 25.4. The number of benzene rings is 4. The van der Waals surface area contributed by atoms with Gasteiger partial charge in [-0.05, 0) is 149 Å². The van der Waals surface area contributed by atoms with E-state index in [1.54, 1.807) is 20.3 Å². The fourth-order valence-electron chi connectivity index (χ4n) is 8.84. The summed E-state index contributed by atoms with van der Waals surface area (Å²) in [4.78, 5) is 4.06. The SMILES string of the molecule is COc1cccc(C=C2CCCCC(CN(C)C)C2(O)c2ccc(Cl)c(C(F)(F)F)c2)c1.COc1cccc(C=C2CCCCC(CN(C)C)C2(O)c2cccc(F)c2)c1. The minimum Gasteiger partial charge on any atom is -0.497 e. The maximum Gasteiger partial charge on any atom is 0.417 e. The van der Waals surface area contributed by atoms with Gasteiger partial charge in [0.2, 0.25) is 0 Å². The van der Waals surface area contributed by atoms with Crippen molar-refractivity contribution in [2.24, 2.45) is 11.8 Å². The van der Waals surface area contributed by atoms with Crippen molar-refractivity contribution in [3.63, 3.8) is 0 Å². The lowest BCUT2D eigenvalue weighted by Crippen LogP contribution is -2.41. The topological polar surface area (TPSA) is 65.4 Å². The van der Waals surface area contributed by atoms with Crippen molar-refractivity contribution in [1.82, 2.24) is 9.80 Å². The summed E-state index contributed by atoms with van der Waals surface area (Å²) >= 11 is 5.88. The van der Waals surface area contributed by atoms with Gasteiger partial charge in [-0.2, -0.15) is 13.2 Å². The molecule has 2 saturated carbocycles. The molecule has 4 unspecified atom stereocenters. The van der Waals surface area contributed by atoms with Crippen LogP contribution in [0.1, 0.15) is 79.2 Å². The Morgan fingerprint density at radius 1 is 0.667 bits per heavy atom. The lowest BCUT2D eigenvalue weighted by molar-refractivity contribution is -0.137. The molecule has 0 amide bonds. The van der Waals surface area contributed by atoms with Crippen molar-refractivity contribution in [2.45, 2.75) is 68.7 Å². The third-order valence-electron chi connectivity index (χ3n) is 11.7. The number of alkyl halides is 3. The van der Waals surface area contributed by atoms with E-state index in [1.807, 2.05) is 93.8 Å². The number of nitrogens with zero attached hydrogens (tertiary/aromatic N) is 2. The highest BCUT2D eigenvalue weighted by atomic mass is 35.5. The van der Waals surface area contributed by atoms with Crippen LogP contribution in [0.5, 0.6) is 11.5 Å². The molecule has 0 saturated heterocycles. The Morgan fingerprint density at radius 3 is 1.57 bits per heavy atom. The van der Waals surface area contributed by atoms with E-state index in [0.717, 1.165) is 73.6 Å². The summed E-state index contributed by atoms with van der Waals surface area (Å²) in [5, 5.41) is 24.0. The molecular weight excluding hydrogens is 792 g/mol. The molecule has 0 aromatic heterocycles. The van der Waals surface area contributed by atoms with Gasteiger partial charge in [0.05, 0.1) is 24.8 Å². The average molecular weight is 851 g/mol. The zero-order valence-electron chi connectivity index (χ0n) is 35.5. The molecular formula is C49H59ClF4N2O4. The van der Waals surface area contributed by atoms with Gasteiger partial charge in [0.1, 0.15) is 28.5 Å². The van der Waals surface area contributed by atoms with Crippen LogP contribution in [0, 0.1) is 17.7 Å². The molecule has 0 bridgehead atoms. The molecule has 0 heterocycles. The van der Waals surface area contributed by atoms with Crippen molar-refractivity contribution in [3.8, 4) is 11.5 Å². The van der Waals surface area contributed by atoms with Gasteiger partial charge in [-0.1, -0.05) is 79.1 Å². The fraction of sp³-hybridized carbons (Fsp3) is 0.429. The Kier molecular flexibility index (Phi) is 16.1. The number of ether oxygens (including phenoxy) is 2. The number of halogens is 5. The third kappa shape index (κ3) is 11.4. The smallest absolute Gasteiger partial charge is 0.417 e. The fourth-order valence-corrected chi connectivity index (χ4v) is 9.07. The molecule has 6 nitrogen and oxygen atoms in total. The van der Waals surface area contributed by atoms with Gasteiger partial charge in [0.25, 0.3) is 0 Å².